The molecule has 0 saturated carbocycles. The van der Waals surface area contributed by atoms with Crippen LogP contribution in [0.1, 0.15) is 19.4 Å². The van der Waals surface area contributed by atoms with Crippen molar-refractivity contribution in [3.8, 4) is 5.75 Å². The molecule has 4 unspecified atom stereocenters. The highest BCUT2D eigenvalue weighted by Crippen LogP contribution is 2.37. The first kappa shape index (κ1) is 16.5. The topological polar surface area (TPSA) is 29.5 Å². The summed E-state index contributed by atoms with van der Waals surface area (Å²) >= 11 is 7.39. The molecule has 2 nitrogen and oxygen atoms in total. The number of ether oxygens (including phenoxy) is 1. The van der Waals surface area contributed by atoms with Crippen molar-refractivity contribution in [2.45, 2.75) is 42.1 Å². The maximum atomic E-state index is 10.5. The Labute approximate surface area is 138 Å². The minimum atomic E-state index is -0.289. The van der Waals surface area contributed by atoms with Gasteiger partial charge in [-0.15, -0.1) is 0 Å². The van der Waals surface area contributed by atoms with Crippen LogP contribution in [-0.2, 0) is 6.42 Å². The van der Waals surface area contributed by atoms with Crippen LogP contribution in [-0.4, -0.2) is 39.8 Å². The van der Waals surface area contributed by atoms with E-state index in [1.807, 2.05) is 41.7 Å². The van der Waals surface area contributed by atoms with E-state index >= 15 is 0 Å². The van der Waals surface area contributed by atoms with Crippen LogP contribution in [0.2, 0.25) is 0 Å². The zero-order chi connectivity index (χ0) is 14.7. The molecule has 112 valence electrons. The van der Waals surface area contributed by atoms with Gasteiger partial charge >= 0.3 is 0 Å². The number of aliphatic hydroxyl groups excluding tert-OH is 1. The monoisotopic (exact) mass is 376 g/mol. The summed E-state index contributed by atoms with van der Waals surface area (Å²) in [4.78, 5) is 0. The van der Waals surface area contributed by atoms with Crippen LogP contribution in [0.3, 0.4) is 0 Å². The Morgan fingerprint density at radius 2 is 2.15 bits per heavy atom. The summed E-state index contributed by atoms with van der Waals surface area (Å²) in [6.07, 6.45) is 0.407. The second kappa shape index (κ2) is 7.43. The van der Waals surface area contributed by atoms with Crippen LogP contribution in [0.4, 0.5) is 0 Å². The second-order valence-corrected chi connectivity index (χ2v) is 9.04. The van der Waals surface area contributed by atoms with Crippen molar-refractivity contribution in [2.75, 3.05) is 12.9 Å². The first-order valence-electron chi connectivity index (χ1n) is 6.78. The average molecular weight is 377 g/mol. The van der Waals surface area contributed by atoms with Crippen molar-refractivity contribution in [3.05, 3.63) is 28.2 Å². The number of benzene rings is 1. The summed E-state index contributed by atoms with van der Waals surface area (Å²) in [6, 6.07) is 6.01. The van der Waals surface area contributed by atoms with Gasteiger partial charge in [0.15, 0.2) is 0 Å². The smallest absolute Gasteiger partial charge is 0.133 e. The fraction of sp³-hybridized carbons (Fsp3) is 0.600. The summed E-state index contributed by atoms with van der Waals surface area (Å²) in [5.74, 6) is 1.86. The van der Waals surface area contributed by atoms with Gasteiger partial charge in [0.05, 0.1) is 17.7 Å². The van der Waals surface area contributed by atoms with Gasteiger partial charge in [-0.05, 0) is 40.0 Å². The quantitative estimate of drug-likeness (QED) is 0.859. The summed E-state index contributed by atoms with van der Waals surface area (Å²) in [6.45, 7) is 4.52. The molecule has 1 N–H and O–H groups in total. The highest BCUT2D eigenvalue weighted by atomic mass is 79.9. The lowest BCUT2D eigenvalue weighted by atomic mass is 10.1. The fourth-order valence-corrected chi connectivity index (χ4v) is 5.82. The third-order valence-electron chi connectivity index (χ3n) is 3.66. The van der Waals surface area contributed by atoms with Crippen molar-refractivity contribution in [1.82, 2.24) is 0 Å². The molecule has 0 bridgehead atoms. The second-order valence-electron chi connectivity index (χ2n) is 5.16. The van der Waals surface area contributed by atoms with E-state index in [-0.39, 0.29) is 6.10 Å². The SMILES string of the molecule is COc1ccc(CC(O)C2CSC(C)C(C)S2)cc1Br. The van der Waals surface area contributed by atoms with E-state index in [2.05, 4.69) is 29.8 Å². The lowest BCUT2D eigenvalue weighted by molar-refractivity contribution is 0.177. The number of halogens is 1. The first-order chi connectivity index (χ1) is 9.51. The zero-order valence-electron chi connectivity index (χ0n) is 12.0. The predicted molar refractivity (Wildman–Crippen MR) is 93.2 cm³/mol. The van der Waals surface area contributed by atoms with Gasteiger partial charge in [0.2, 0.25) is 0 Å². The van der Waals surface area contributed by atoms with Crippen LogP contribution >= 0.6 is 39.5 Å². The van der Waals surface area contributed by atoms with Crippen molar-refractivity contribution >= 4 is 39.5 Å². The van der Waals surface area contributed by atoms with Crippen LogP contribution in [0.15, 0.2) is 22.7 Å². The number of thioether (sulfide) groups is 2. The van der Waals surface area contributed by atoms with E-state index in [1.165, 1.54) is 0 Å². The molecule has 0 aliphatic carbocycles. The molecule has 0 radical (unpaired) electrons. The Bertz CT molecular complexity index is 455. The van der Waals surface area contributed by atoms with Crippen molar-refractivity contribution in [2.24, 2.45) is 0 Å². The van der Waals surface area contributed by atoms with E-state index in [0.29, 0.717) is 22.2 Å². The van der Waals surface area contributed by atoms with Gasteiger partial charge in [-0.25, -0.2) is 0 Å². The summed E-state index contributed by atoms with van der Waals surface area (Å²) in [5.41, 5.74) is 1.14. The van der Waals surface area contributed by atoms with Crippen LogP contribution in [0.5, 0.6) is 5.75 Å². The lowest BCUT2D eigenvalue weighted by Gasteiger charge is -2.33. The van der Waals surface area contributed by atoms with Crippen LogP contribution in [0.25, 0.3) is 0 Å². The van der Waals surface area contributed by atoms with E-state index in [1.54, 1.807) is 7.11 Å². The molecule has 0 spiro atoms. The van der Waals surface area contributed by atoms with E-state index in [9.17, 15) is 5.11 Å². The van der Waals surface area contributed by atoms with Crippen molar-refractivity contribution in [3.63, 3.8) is 0 Å². The molecule has 0 amide bonds. The number of hydrogen-bond donors (Lipinski definition) is 1. The molecule has 2 rings (SSSR count). The largest absolute Gasteiger partial charge is 0.496 e. The summed E-state index contributed by atoms with van der Waals surface area (Å²) in [7, 11) is 1.66. The third-order valence-corrected chi connectivity index (χ3v) is 7.82. The zero-order valence-corrected chi connectivity index (χ0v) is 15.2. The maximum absolute atomic E-state index is 10.5. The van der Waals surface area contributed by atoms with Crippen LogP contribution in [0, 0.1) is 0 Å². The molecule has 1 saturated heterocycles. The number of methoxy groups -OCH3 is 1. The highest BCUT2D eigenvalue weighted by molar-refractivity contribution is 9.10. The molecule has 0 aromatic heterocycles. The average Bonchev–Trinajstić information content (AvgIpc) is 2.42. The molecule has 1 heterocycles. The molecule has 1 fully saturated rings. The molecule has 1 aromatic rings. The van der Waals surface area contributed by atoms with Gasteiger partial charge in [-0.3, -0.25) is 0 Å². The Balaban J connectivity index is 1.97. The van der Waals surface area contributed by atoms with Gasteiger partial charge in [-0.2, -0.15) is 23.5 Å². The van der Waals surface area contributed by atoms with E-state index in [4.69, 9.17) is 4.74 Å². The highest BCUT2D eigenvalue weighted by Gasteiger charge is 2.30. The number of aliphatic hydroxyl groups is 1. The van der Waals surface area contributed by atoms with Gasteiger partial charge in [0.1, 0.15) is 5.75 Å². The van der Waals surface area contributed by atoms with Gasteiger partial charge < -0.3 is 9.84 Å². The normalized spacial score (nSPS) is 28.1. The van der Waals surface area contributed by atoms with Gasteiger partial charge in [0, 0.05) is 21.5 Å². The molecule has 4 atom stereocenters. The van der Waals surface area contributed by atoms with Crippen molar-refractivity contribution in [1.29, 1.82) is 0 Å². The lowest BCUT2D eigenvalue weighted by Crippen LogP contribution is -2.35. The Hall–Kier alpha value is 0.160. The summed E-state index contributed by atoms with van der Waals surface area (Å²) in [5, 5.41) is 12.1. The molecule has 1 aliphatic heterocycles. The molecular formula is C15H21BrO2S2. The van der Waals surface area contributed by atoms with Crippen LogP contribution < -0.4 is 4.74 Å². The minimum Gasteiger partial charge on any atom is -0.496 e. The third kappa shape index (κ3) is 4.09. The van der Waals surface area contributed by atoms with E-state index < -0.39 is 0 Å². The molecule has 5 heteroatoms. The molecule has 20 heavy (non-hydrogen) atoms. The Morgan fingerprint density at radius 1 is 1.40 bits per heavy atom. The van der Waals surface area contributed by atoms with E-state index in [0.717, 1.165) is 21.5 Å². The predicted octanol–water partition coefficient (Wildman–Crippen LogP) is 3.99. The first-order valence-corrected chi connectivity index (χ1v) is 9.57. The molecule has 1 aliphatic rings. The number of hydrogen-bond acceptors (Lipinski definition) is 4. The van der Waals surface area contributed by atoms with Gasteiger partial charge in [0.25, 0.3) is 0 Å². The summed E-state index contributed by atoms with van der Waals surface area (Å²) < 4.78 is 6.17. The Morgan fingerprint density at radius 3 is 2.75 bits per heavy atom. The minimum absolute atomic E-state index is 0.289. The van der Waals surface area contributed by atoms with Gasteiger partial charge in [-0.1, -0.05) is 19.9 Å². The fourth-order valence-electron chi connectivity index (χ4n) is 2.22. The van der Waals surface area contributed by atoms with Crippen molar-refractivity contribution < 1.29 is 9.84 Å². The molecule has 1 aromatic carbocycles. The maximum Gasteiger partial charge on any atom is 0.133 e. The molecular weight excluding hydrogens is 356 g/mol. The standard InChI is InChI=1S/C15H21BrO2S2/c1-9-10(2)20-15(8-19-9)13(17)7-11-4-5-14(18-3)12(16)6-11/h4-6,9-10,13,15,17H,7-8H2,1-3H3. The number of rotatable bonds is 4. The Kier molecular flexibility index (Phi) is 6.14.